The first-order valence-corrected chi connectivity index (χ1v) is 8.74. The summed E-state index contributed by atoms with van der Waals surface area (Å²) in [4.78, 5) is 23.0. The van der Waals surface area contributed by atoms with Crippen LogP contribution in [0.15, 0.2) is 42.5 Å². The highest BCUT2D eigenvalue weighted by molar-refractivity contribution is 5.95. The molecule has 2 N–H and O–H groups in total. The molecule has 3 aromatic rings. The van der Waals surface area contributed by atoms with Crippen molar-refractivity contribution in [3.05, 3.63) is 70.4 Å². The summed E-state index contributed by atoms with van der Waals surface area (Å²) in [6, 6.07) is 12.2. The number of benzene rings is 2. The summed E-state index contributed by atoms with van der Waals surface area (Å²) in [5.41, 5.74) is 4.61. The largest absolute Gasteiger partial charge is 0.478 e. The zero-order valence-electron chi connectivity index (χ0n) is 14.2. The first-order valence-electron chi connectivity index (χ1n) is 8.74. The molecule has 0 unspecified atom stereocenters. The second kappa shape index (κ2) is 6.33. The third-order valence-electron chi connectivity index (χ3n) is 5.20. The maximum absolute atomic E-state index is 11.6. The van der Waals surface area contributed by atoms with Gasteiger partial charge in [0.1, 0.15) is 0 Å². The molecule has 1 heterocycles. The summed E-state index contributed by atoms with van der Waals surface area (Å²) in [5, 5.41) is 19.9. The molecule has 0 amide bonds. The van der Waals surface area contributed by atoms with Crippen LogP contribution in [0, 0.1) is 0 Å². The second-order valence-electron chi connectivity index (χ2n) is 6.72. The number of aromatic nitrogens is 1. The highest BCUT2D eigenvalue weighted by atomic mass is 16.4. The summed E-state index contributed by atoms with van der Waals surface area (Å²) < 4.78 is 2.11. The molecule has 132 valence electrons. The average Bonchev–Trinajstić information content (AvgIpc) is 2.95. The van der Waals surface area contributed by atoms with E-state index in [0.717, 1.165) is 42.1 Å². The lowest BCUT2D eigenvalue weighted by atomic mass is 9.95. The van der Waals surface area contributed by atoms with E-state index in [4.69, 9.17) is 0 Å². The number of fused-ring (bicyclic) bond motifs is 3. The Balaban J connectivity index is 1.92. The van der Waals surface area contributed by atoms with Crippen molar-refractivity contribution >= 4 is 22.8 Å². The Morgan fingerprint density at radius 3 is 2.50 bits per heavy atom. The summed E-state index contributed by atoms with van der Waals surface area (Å²) in [6.07, 6.45) is 4.13. The minimum atomic E-state index is -0.955. The maximum atomic E-state index is 11.6. The zero-order chi connectivity index (χ0) is 18.3. The predicted molar refractivity (Wildman–Crippen MR) is 98.0 cm³/mol. The minimum absolute atomic E-state index is 0.250. The number of carboxylic acid groups (broad SMARTS) is 2. The van der Waals surface area contributed by atoms with Crippen LogP contribution in [-0.2, 0) is 19.4 Å². The number of carboxylic acids is 2. The topological polar surface area (TPSA) is 79.5 Å². The van der Waals surface area contributed by atoms with Crippen molar-refractivity contribution in [1.29, 1.82) is 0 Å². The van der Waals surface area contributed by atoms with Gasteiger partial charge in [-0.25, -0.2) is 9.59 Å². The molecule has 4 rings (SSSR count). The maximum Gasteiger partial charge on any atom is 0.336 e. The number of hydrogen-bond donors (Lipinski definition) is 2. The Kier molecular flexibility index (Phi) is 3.99. The number of hydrogen-bond acceptors (Lipinski definition) is 2. The molecule has 26 heavy (non-hydrogen) atoms. The summed E-state index contributed by atoms with van der Waals surface area (Å²) >= 11 is 0. The normalized spacial score (nSPS) is 13.5. The van der Waals surface area contributed by atoms with E-state index >= 15 is 0 Å². The summed E-state index contributed by atoms with van der Waals surface area (Å²) in [7, 11) is 0. The van der Waals surface area contributed by atoms with Crippen LogP contribution in [0.1, 0.15) is 50.4 Å². The van der Waals surface area contributed by atoms with E-state index in [1.165, 1.54) is 11.3 Å². The van der Waals surface area contributed by atoms with Crippen molar-refractivity contribution in [3.63, 3.8) is 0 Å². The zero-order valence-corrected chi connectivity index (χ0v) is 14.2. The van der Waals surface area contributed by atoms with Gasteiger partial charge >= 0.3 is 11.9 Å². The monoisotopic (exact) mass is 349 g/mol. The van der Waals surface area contributed by atoms with Gasteiger partial charge in [0.05, 0.1) is 11.1 Å². The van der Waals surface area contributed by atoms with Gasteiger partial charge < -0.3 is 14.8 Å². The first-order chi connectivity index (χ1) is 12.6. The van der Waals surface area contributed by atoms with Crippen molar-refractivity contribution in [2.45, 2.75) is 32.2 Å². The molecule has 5 heteroatoms. The molecule has 5 nitrogen and oxygen atoms in total. The molecule has 0 aliphatic heterocycles. The second-order valence-corrected chi connectivity index (χ2v) is 6.72. The molecule has 0 radical (unpaired) electrons. The molecule has 0 atom stereocenters. The smallest absolute Gasteiger partial charge is 0.336 e. The molecule has 1 aromatic heterocycles. The summed E-state index contributed by atoms with van der Waals surface area (Å²) in [6.45, 7) is 0.428. The van der Waals surface area contributed by atoms with Crippen LogP contribution in [0.5, 0.6) is 0 Å². The number of rotatable bonds is 4. The van der Waals surface area contributed by atoms with Crippen LogP contribution in [0.25, 0.3) is 10.9 Å². The minimum Gasteiger partial charge on any atom is -0.478 e. The van der Waals surface area contributed by atoms with Crippen LogP contribution in [0.3, 0.4) is 0 Å². The molecule has 2 aromatic carbocycles. The van der Waals surface area contributed by atoms with Crippen LogP contribution in [0.4, 0.5) is 0 Å². The Bertz CT molecular complexity index is 1030. The lowest BCUT2D eigenvalue weighted by molar-refractivity contribution is 0.0685. The van der Waals surface area contributed by atoms with E-state index in [1.807, 2.05) is 18.2 Å². The van der Waals surface area contributed by atoms with Crippen molar-refractivity contribution < 1.29 is 19.8 Å². The lowest BCUT2D eigenvalue weighted by Gasteiger charge is -2.17. The first kappa shape index (κ1) is 16.4. The van der Waals surface area contributed by atoms with Gasteiger partial charge in [-0.15, -0.1) is 0 Å². The molecule has 1 aliphatic carbocycles. The average molecular weight is 349 g/mol. The Morgan fingerprint density at radius 1 is 0.962 bits per heavy atom. The predicted octanol–water partition coefficient (Wildman–Crippen LogP) is 3.96. The fourth-order valence-electron chi connectivity index (χ4n) is 3.98. The molecule has 0 spiro atoms. The van der Waals surface area contributed by atoms with Gasteiger partial charge in [0, 0.05) is 23.1 Å². The van der Waals surface area contributed by atoms with Crippen molar-refractivity contribution in [2.24, 2.45) is 0 Å². The van der Waals surface area contributed by atoms with Crippen molar-refractivity contribution in [2.75, 3.05) is 0 Å². The molecule has 0 bridgehead atoms. The molecular formula is C21H19NO4. The number of carbonyl (C=O) groups is 2. The highest BCUT2D eigenvalue weighted by Crippen LogP contribution is 2.33. The third kappa shape index (κ3) is 2.65. The van der Waals surface area contributed by atoms with E-state index in [2.05, 4.69) is 4.57 Å². The molecule has 1 aliphatic rings. The van der Waals surface area contributed by atoms with Gasteiger partial charge in [0.15, 0.2) is 0 Å². The van der Waals surface area contributed by atoms with E-state index in [9.17, 15) is 19.8 Å². The van der Waals surface area contributed by atoms with E-state index < -0.39 is 11.9 Å². The quantitative estimate of drug-likeness (QED) is 0.747. The van der Waals surface area contributed by atoms with E-state index in [0.29, 0.717) is 6.54 Å². The van der Waals surface area contributed by atoms with Gasteiger partial charge in [0.2, 0.25) is 0 Å². The van der Waals surface area contributed by atoms with E-state index in [-0.39, 0.29) is 11.1 Å². The van der Waals surface area contributed by atoms with Crippen molar-refractivity contribution in [3.8, 4) is 0 Å². The standard InChI is InChI=1S/C21H19NO4/c23-20(24)13-9-10-17-16-7-3-4-8-18(16)22(19(17)11-13)12-14-5-1-2-6-15(14)21(25)26/h1-2,5-6,9-11H,3-4,7-8,12H2,(H,23,24)(H,25,26). The van der Waals surface area contributed by atoms with Crippen LogP contribution >= 0.6 is 0 Å². The molecular weight excluding hydrogens is 330 g/mol. The van der Waals surface area contributed by atoms with Crippen LogP contribution < -0.4 is 0 Å². The number of aryl methyl sites for hydroxylation is 1. The van der Waals surface area contributed by atoms with Crippen LogP contribution in [-0.4, -0.2) is 26.7 Å². The van der Waals surface area contributed by atoms with E-state index in [1.54, 1.807) is 24.3 Å². The Morgan fingerprint density at radius 2 is 1.73 bits per heavy atom. The van der Waals surface area contributed by atoms with Gasteiger partial charge in [-0.3, -0.25) is 0 Å². The summed E-state index contributed by atoms with van der Waals surface area (Å²) in [5.74, 6) is -1.90. The van der Waals surface area contributed by atoms with Crippen LogP contribution in [0.2, 0.25) is 0 Å². The van der Waals surface area contributed by atoms with Gasteiger partial charge in [-0.1, -0.05) is 24.3 Å². The molecule has 0 fully saturated rings. The fraction of sp³-hybridized carbons (Fsp3) is 0.238. The van der Waals surface area contributed by atoms with Gasteiger partial charge in [-0.2, -0.15) is 0 Å². The van der Waals surface area contributed by atoms with Crippen molar-refractivity contribution in [1.82, 2.24) is 4.57 Å². The Hall–Kier alpha value is -3.08. The highest BCUT2D eigenvalue weighted by Gasteiger charge is 2.22. The number of aromatic carboxylic acids is 2. The SMILES string of the molecule is O=C(O)c1ccc2c3c(n(Cc4ccccc4C(=O)O)c2c1)CCCC3. The third-order valence-corrected chi connectivity index (χ3v) is 5.20. The lowest BCUT2D eigenvalue weighted by Crippen LogP contribution is -2.12. The molecule has 0 saturated heterocycles. The van der Waals surface area contributed by atoms with Gasteiger partial charge in [-0.05, 0) is 55.0 Å². The molecule has 0 saturated carbocycles. The number of nitrogens with zero attached hydrogens (tertiary/aromatic N) is 1. The Labute approximate surface area is 150 Å². The fourth-order valence-corrected chi connectivity index (χ4v) is 3.98. The van der Waals surface area contributed by atoms with Gasteiger partial charge in [0.25, 0.3) is 0 Å².